The molecule has 0 spiro atoms. The molecule has 4 rings (SSSR count). The summed E-state index contributed by atoms with van der Waals surface area (Å²) in [5, 5.41) is 3.61. The molecule has 2 heterocycles. The lowest BCUT2D eigenvalue weighted by Crippen LogP contribution is -2.23. The molecule has 1 aliphatic rings. The predicted octanol–water partition coefficient (Wildman–Crippen LogP) is 3.65. The van der Waals surface area contributed by atoms with Gasteiger partial charge >= 0.3 is 0 Å². The van der Waals surface area contributed by atoms with Gasteiger partial charge < -0.3 is 10.3 Å². The summed E-state index contributed by atoms with van der Waals surface area (Å²) in [5.74, 6) is 7.89. The summed E-state index contributed by atoms with van der Waals surface area (Å²) in [6, 6.07) is 9.69. The Morgan fingerprint density at radius 2 is 2.07 bits per heavy atom. The second kappa shape index (κ2) is 9.96. The van der Waals surface area contributed by atoms with Crippen LogP contribution in [-0.2, 0) is 23.4 Å². The first-order valence-electron chi connectivity index (χ1n) is 10.1. The Morgan fingerprint density at radius 3 is 2.93 bits per heavy atom. The number of fused-ring (bicyclic) bond motifs is 3. The van der Waals surface area contributed by atoms with Gasteiger partial charge in [-0.15, -0.1) is 11.3 Å². The van der Waals surface area contributed by atoms with Gasteiger partial charge in [-0.05, 0) is 43.4 Å². The molecule has 5 nitrogen and oxygen atoms in total. The Labute approximate surface area is 183 Å². The first kappa shape index (κ1) is 20.7. The van der Waals surface area contributed by atoms with Gasteiger partial charge in [0.05, 0.1) is 17.7 Å². The summed E-state index contributed by atoms with van der Waals surface area (Å²) in [6.45, 7) is 0.340. The fourth-order valence-corrected chi connectivity index (χ4v) is 5.59. The average Bonchev–Trinajstić information content (AvgIpc) is 3.14. The fourth-order valence-electron chi connectivity index (χ4n) is 3.51. The van der Waals surface area contributed by atoms with Gasteiger partial charge in [0, 0.05) is 22.6 Å². The zero-order valence-electron chi connectivity index (χ0n) is 16.6. The lowest BCUT2D eigenvalue weighted by Gasteiger charge is -2.09. The van der Waals surface area contributed by atoms with E-state index >= 15 is 0 Å². The standard InChI is InChI=1S/C23H23N3O2S2/c27-20(24-13-6-9-16-7-2-1-3-8-16)12-14-29-15-19-25-22(28)21-17-10-4-5-11-18(17)30-23(21)26-19/h1-3,7-8H,4-5,10-15H2,(H,24,27)(H,25,26,28). The monoisotopic (exact) mass is 437 g/mol. The van der Waals surface area contributed by atoms with Crippen LogP contribution >= 0.6 is 23.1 Å². The first-order chi connectivity index (χ1) is 14.7. The van der Waals surface area contributed by atoms with Gasteiger partial charge in [-0.2, -0.15) is 11.8 Å². The zero-order chi connectivity index (χ0) is 20.8. The van der Waals surface area contributed by atoms with E-state index in [0.717, 1.165) is 35.0 Å². The number of aromatic amines is 1. The largest absolute Gasteiger partial charge is 0.345 e. The number of thioether (sulfide) groups is 1. The number of aryl methyl sites for hydroxylation is 2. The zero-order valence-corrected chi connectivity index (χ0v) is 18.3. The molecule has 0 saturated carbocycles. The minimum absolute atomic E-state index is 0.0206. The quantitative estimate of drug-likeness (QED) is 0.456. The second-order valence-corrected chi connectivity index (χ2v) is 9.34. The van der Waals surface area contributed by atoms with Gasteiger partial charge in [-0.1, -0.05) is 30.0 Å². The normalized spacial score (nSPS) is 12.8. The average molecular weight is 438 g/mol. The molecule has 1 aliphatic carbocycles. The molecule has 154 valence electrons. The van der Waals surface area contributed by atoms with Crippen molar-refractivity contribution in [1.82, 2.24) is 15.3 Å². The van der Waals surface area contributed by atoms with Gasteiger partial charge in [0.1, 0.15) is 10.7 Å². The fraction of sp³-hybridized carbons (Fsp3) is 0.348. The molecule has 1 amide bonds. The lowest BCUT2D eigenvalue weighted by atomic mass is 9.97. The Hall–Kier alpha value is -2.56. The summed E-state index contributed by atoms with van der Waals surface area (Å²) in [6.07, 6.45) is 4.80. The summed E-state index contributed by atoms with van der Waals surface area (Å²) in [5.41, 5.74) is 2.12. The summed E-state index contributed by atoms with van der Waals surface area (Å²) in [4.78, 5) is 34.3. The molecule has 0 saturated heterocycles. The van der Waals surface area contributed by atoms with E-state index in [1.54, 1.807) is 23.1 Å². The smallest absolute Gasteiger partial charge is 0.259 e. The first-order valence-corrected chi connectivity index (χ1v) is 12.1. The van der Waals surface area contributed by atoms with E-state index in [2.05, 4.69) is 27.1 Å². The number of benzene rings is 1. The molecular weight excluding hydrogens is 414 g/mol. The molecule has 0 bridgehead atoms. The highest BCUT2D eigenvalue weighted by Crippen LogP contribution is 2.33. The van der Waals surface area contributed by atoms with Crippen LogP contribution in [0.4, 0.5) is 0 Å². The van der Waals surface area contributed by atoms with E-state index in [0.29, 0.717) is 30.3 Å². The maximum Gasteiger partial charge on any atom is 0.259 e. The summed E-state index contributed by atoms with van der Waals surface area (Å²) in [7, 11) is 0. The van der Waals surface area contributed by atoms with Gasteiger partial charge in [0.15, 0.2) is 0 Å². The van der Waals surface area contributed by atoms with Gasteiger partial charge in [-0.25, -0.2) is 4.98 Å². The van der Waals surface area contributed by atoms with Crippen LogP contribution in [-0.4, -0.2) is 28.2 Å². The van der Waals surface area contributed by atoms with Crippen molar-refractivity contribution in [2.24, 2.45) is 0 Å². The van der Waals surface area contributed by atoms with E-state index in [1.165, 1.54) is 16.9 Å². The van der Waals surface area contributed by atoms with Crippen molar-refractivity contribution in [1.29, 1.82) is 0 Å². The second-order valence-electron chi connectivity index (χ2n) is 7.15. The predicted molar refractivity (Wildman–Crippen MR) is 124 cm³/mol. The van der Waals surface area contributed by atoms with Crippen LogP contribution in [0.5, 0.6) is 0 Å². The van der Waals surface area contributed by atoms with Crippen LogP contribution < -0.4 is 10.9 Å². The Kier molecular flexibility index (Phi) is 6.88. The van der Waals surface area contributed by atoms with E-state index in [4.69, 9.17) is 0 Å². The lowest BCUT2D eigenvalue weighted by molar-refractivity contribution is -0.120. The highest BCUT2D eigenvalue weighted by Gasteiger charge is 2.19. The van der Waals surface area contributed by atoms with E-state index < -0.39 is 0 Å². The van der Waals surface area contributed by atoms with E-state index in [-0.39, 0.29) is 11.5 Å². The Morgan fingerprint density at radius 1 is 1.23 bits per heavy atom. The van der Waals surface area contributed by atoms with Crippen LogP contribution in [0.1, 0.15) is 41.1 Å². The maximum absolute atomic E-state index is 12.5. The van der Waals surface area contributed by atoms with Crippen LogP contribution in [0.15, 0.2) is 35.1 Å². The third-order valence-electron chi connectivity index (χ3n) is 4.97. The van der Waals surface area contributed by atoms with Crippen molar-refractivity contribution in [3.8, 4) is 11.8 Å². The molecule has 1 aromatic carbocycles. The van der Waals surface area contributed by atoms with Crippen LogP contribution in [0.25, 0.3) is 10.2 Å². The van der Waals surface area contributed by atoms with Crippen molar-refractivity contribution in [2.75, 3.05) is 12.3 Å². The molecule has 0 radical (unpaired) electrons. The molecule has 30 heavy (non-hydrogen) atoms. The molecule has 7 heteroatoms. The number of aromatic nitrogens is 2. The molecule has 2 N–H and O–H groups in total. The summed E-state index contributed by atoms with van der Waals surface area (Å²) < 4.78 is 0. The Bertz CT molecular complexity index is 1160. The van der Waals surface area contributed by atoms with Gasteiger partial charge in [-0.3, -0.25) is 9.59 Å². The summed E-state index contributed by atoms with van der Waals surface area (Å²) >= 11 is 3.26. The number of H-pyrrole nitrogens is 1. The van der Waals surface area contributed by atoms with Crippen LogP contribution in [0, 0.1) is 11.8 Å². The number of nitrogens with one attached hydrogen (secondary N) is 2. The van der Waals surface area contributed by atoms with Crippen LogP contribution in [0.2, 0.25) is 0 Å². The van der Waals surface area contributed by atoms with E-state index in [9.17, 15) is 9.59 Å². The molecular formula is C23H23N3O2S2. The maximum atomic E-state index is 12.5. The topological polar surface area (TPSA) is 74.8 Å². The molecule has 0 atom stereocenters. The number of carbonyl (C=O) groups excluding carboxylic acids is 1. The minimum Gasteiger partial charge on any atom is -0.345 e. The molecule has 0 fully saturated rings. The number of thiophene rings is 1. The van der Waals surface area contributed by atoms with Gasteiger partial charge in [0.2, 0.25) is 5.91 Å². The SMILES string of the molecule is O=C(CCSCc1nc2sc3c(c2c(=O)[nH]1)CCCC3)NCC#Cc1ccccc1. The molecule has 0 unspecified atom stereocenters. The van der Waals surface area contributed by atoms with Crippen LogP contribution in [0.3, 0.4) is 0 Å². The Balaban J connectivity index is 1.23. The number of hydrogen-bond acceptors (Lipinski definition) is 5. The third-order valence-corrected chi connectivity index (χ3v) is 7.12. The number of nitrogens with zero attached hydrogens (tertiary/aromatic N) is 1. The number of amides is 1. The molecule has 0 aliphatic heterocycles. The number of carbonyl (C=O) groups is 1. The van der Waals surface area contributed by atoms with Crippen molar-refractivity contribution in [3.05, 3.63) is 62.5 Å². The highest BCUT2D eigenvalue weighted by atomic mass is 32.2. The van der Waals surface area contributed by atoms with Crippen molar-refractivity contribution < 1.29 is 4.79 Å². The van der Waals surface area contributed by atoms with E-state index in [1.807, 2.05) is 30.3 Å². The number of hydrogen-bond donors (Lipinski definition) is 2. The van der Waals surface area contributed by atoms with Gasteiger partial charge in [0.25, 0.3) is 5.56 Å². The molecule has 2 aromatic heterocycles. The molecule has 3 aromatic rings. The van der Waals surface area contributed by atoms with Crippen molar-refractivity contribution in [3.63, 3.8) is 0 Å². The minimum atomic E-state index is -0.0234. The van der Waals surface area contributed by atoms with Crippen molar-refractivity contribution in [2.45, 2.75) is 37.9 Å². The highest BCUT2D eigenvalue weighted by molar-refractivity contribution is 7.98. The van der Waals surface area contributed by atoms with Crippen molar-refractivity contribution >= 4 is 39.2 Å². The number of rotatable bonds is 6. The third kappa shape index (κ3) is 5.13.